The first-order valence-electron chi connectivity index (χ1n) is 8.40. The van der Waals surface area contributed by atoms with Gasteiger partial charge >= 0.3 is 12.1 Å². The molecule has 1 amide bonds. The lowest BCUT2D eigenvalue weighted by molar-refractivity contribution is -0.145. The average Bonchev–Trinajstić information content (AvgIpc) is 2.97. The maximum Gasteiger partial charge on any atom is 0.407 e. The van der Waals surface area contributed by atoms with Crippen LogP contribution < -0.4 is 5.32 Å². The van der Waals surface area contributed by atoms with Crippen molar-refractivity contribution in [1.29, 1.82) is 0 Å². The number of amides is 1. The van der Waals surface area contributed by atoms with Crippen LogP contribution >= 0.6 is 0 Å². The second-order valence-electron chi connectivity index (χ2n) is 6.21. The van der Waals surface area contributed by atoms with Gasteiger partial charge in [-0.1, -0.05) is 48.5 Å². The Morgan fingerprint density at radius 3 is 2.12 bits per heavy atom. The number of hydrogen-bond acceptors (Lipinski definition) is 5. The minimum atomic E-state index is -1.17. The number of aliphatic hydroxyl groups excluding tert-OH is 1. The lowest BCUT2D eigenvalue weighted by Gasteiger charge is -2.20. The Bertz CT molecular complexity index is 772. The van der Waals surface area contributed by atoms with Crippen LogP contribution in [0.2, 0.25) is 0 Å². The number of aliphatic hydroxyl groups is 1. The molecule has 3 rings (SSSR count). The van der Waals surface area contributed by atoms with Crippen LogP contribution in [0.1, 0.15) is 24.0 Å². The number of hydrogen-bond donors (Lipinski definition) is 2. The molecule has 0 spiro atoms. The van der Waals surface area contributed by atoms with Crippen LogP contribution in [0, 0.1) is 0 Å². The molecule has 0 heterocycles. The van der Waals surface area contributed by atoms with Crippen molar-refractivity contribution in [3.05, 3.63) is 59.7 Å². The Morgan fingerprint density at radius 2 is 1.62 bits per heavy atom. The van der Waals surface area contributed by atoms with Gasteiger partial charge in [-0.15, -0.1) is 0 Å². The lowest BCUT2D eigenvalue weighted by atomic mass is 9.98. The number of carbonyl (C=O) groups excluding carboxylic acids is 2. The average molecular weight is 355 g/mol. The van der Waals surface area contributed by atoms with Crippen LogP contribution in [0.25, 0.3) is 11.1 Å². The normalized spacial score (nSPS) is 14.7. The largest absolute Gasteiger partial charge is 0.467 e. The number of rotatable bonds is 5. The first-order chi connectivity index (χ1) is 12.5. The molecule has 0 unspecified atom stereocenters. The van der Waals surface area contributed by atoms with Gasteiger partial charge in [0.25, 0.3) is 0 Å². The minimum Gasteiger partial charge on any atom is -0.467 e. The molecular formula is C20H21NO5. The third-order valence-electron chi connectivity index (χ3n) is 4.55. The van der Waals surface area contributed by atoms with Crippen LogP contribution in [0.4, 0.5) is 4.79 Å². The van der Waals surface area contributed by atoms with Crippen LogP contribution in [0.5, 0.6) is 0 Å². The molecule has 2 aromatic rings. The van der Waals surface area contributed by atoms with Gasteiger partial charge in [0.2, 0.25) is 0 Å². The summed E-state index contributed by atoms with van der Waals surface area (Å²) < 4.78 is 9.92. The highest BCUT2D eigenvalue weighted by Crippen LogP contribution is 2.44. The van der Waals surface area contributed by atoms with Gasteiger partial charge in [0.05, 0.1) is 13.2 Å². The fraction of sp³-hybridized carbons (Fsp3) is 0.300. The van der Waals surface area contributed by atoms with Gasteiger partial charge in [0.1, 0.15) is 6.61 Å². The van der Waals surface area contributed by atoms with Crippen molar-refractivity contribution in [3.8, 4) is 11.1 Å². The van der Waals surface area contributed by atoms with Crippen molar-refractivity contribution in [2.75, 3.05) is 13.7 Å². The van der Waals surface area contributed by atoms with Crippen LogP contribution in [0.15, 0.2) is 48.5 Å². The lowest BCUT2D eigenvalue weighted by Crippen LogP contribution is -2.48. The highest BCUT2D eigenvalue weighted by Gasteiger charge is 2.31. The van der Waals surface area contributed by atoms with Gasteiger partial charge in [-0.2, -0.15) is 0 Å². The minimum absolute atomic E-state index is 0.0729. The van der Waals surface area contributed by atoms with Gasteiger partial charge in [-0.25, -0.2) is 9.59 Å². The fourth-order valence-corrected chi connectivity index (χ4v) is 3.27. The maximum absolute atomic E-state index is 12.1. The van der Waals surface area contributed by atoms with Crippen molar-refractivity contribution >= 4 is 12.1 Å². The molecule has 0 saturated carbocycles. The summed E-state index contributed by atoms with van der Waals surface area (Å²) in [6.45, 7) is 1.53. The Labute approximate surface area is 151 Å². The molecule has 0 saturated heterocycles. The van der Waals surface area contributed by atoms with Crippen molar-refractivity contribution in [2.24, 2.45) is 0 Å². The summed E-state index contributed by atoms with van der Waals surface area (Å²) in [6, 6.07) is 14.9. The number of benzene rings is 2. The van der Waals surface area contributed by atoms with Gasteiger partial charge in [0.15, 0.2) is 6.04 Å². The van der Waals surface area contributed by atoms with Gasteiger partial charge in [0, 0.05) is 5.92 Å². The molecule has 6 nitrogen and oxygen atoms in total. The zero-order valence-corrected chi connectivity index (χ0v) is 14.6. The number of esters is 1. The van der Waals surface area contributed by atoms with Crippen molar-refractivity contribution in [2.45, 2.75) is 25.0 Å². The van der Waals surface area contributed by atoms with E-state index in [0.29, 0.717) is 0 Å². The second kappa shape index (κ2) is 7.58. The van der Waals surface area contributed by atoms with E-state index in [2.05, 4.69) is 22.2 Å². The van der Waals surface area contributed by atoms with Crippen molar-refractivity contribution in [3.63, 3.8) is 0 Å². The summed E-state index contributed by atoms with van der Waals surface area (Å²) in [4.78, 5) is 23.7. The van der Waals surface area contributed by atoms with E-state index < -0.39 is 24.2 Å². The van der Waals surface area contributed by atoms with Crippen LogP contribution in [-0.4, -0.2) is 43.0 Å². The summed E-state index contributed by atoms with van der Waals surface area (Å²) >= 11 is 0. The van der Waals surface area contributed by atoms with E-state index in [-0.39, 0.29) is 12.5 Å². The predicted octanol–water partition coefficient (Wildman–Crippen LogP) is 2.45. The molecule has 6 heteroatoms. The fourth-order valence-electron chi connectivity index (χ4n) is 3.27. The summed E-state index contributed by atoms with van der Waals surface area (Å²) in [5.41, 5.74) is 4.46. The molecule has 136 valence electrons. The Hall–Kier alpha value is -2.86. The Morgan fingerprint density at radius 1 is 1.08 bits per heavy atom. The molecule has 1 aliphatic rings. The monoisotopic (exact) mass is 355 g/mol. The molecule has 0 radical (unpaired) electrons. The summed E-state index contributed by atoms with van der Waals surface area (Å²) in [5, 5.41) is 12.0. The summed E-state index contributed by atoms with van der Waals surface area (Å²) in [5.74, 6) is -0.801. The van der Waals surface area contributed by atoms with E-state index in [4.69, 9.17) is 4.74 Å². The standard InChI is InChI=1S/C20H21NO5/c1-12(22)18(19(23)25-2)21-20(24)26-11-17-15-9-5-3-7-13(15)14-8-4-6-10-16(14)17/h3-10,12,17-18,22H,11H2,1-2H3,(H,21,24)/t12-,18-/m0/s1. The van der Waals surface area contributed by atoms with E-state index in [1.807, 2.05) is 36.4 Å². The number of alkyl carbamates (subject to hydrolysis) is 1. The third-order valence-corrected chi connectivity index (χ3v) is 4.55. The molecule has 0 aliphatic heterocycles. The van der Waals surface area contributed by atoms with Gasteiger partial charge < -0.3 is 19.9 Å². The zero-order valence-electron chi connectivity index (χ0n) is 14.6. The number of ether oxygens (including phenoxy) is 2. The topological polar surface area (TPSA) is 84.9 Å². The molecule has 1 aliphatic carbocycles. The molecule has 26 heavy (non-hydrogen) atoms. The smallest absolute Gasteiger partial charge is 0.407 e. The number of carbonyl (C=O) groups is 2. The third kappa shape index (κ3) is 3.41. The van der Waals surface area contributed by atoms with E-state index in [9.17, 15) is 14.7 Å². The molecular weight excluding hydrogens is 334 g/mol. The Kier molecular flexibility index (Phi) is 5.23. The molecule has 2 aromatic carbocycles. The molecule has 0 aromatic heterocycles. The molecule has 2 atom stereocenters. The maximum atomic E-state index is 12.1. The number of fused-ring (bicyclic) bond motifs is 3. The SMILES string of the molecule is COC(=O)[C@@H](NC(=O)OCC1c2ccccc2-c2ccccc21)[C@H](C)O. The van der Waals surface area contributed by atoms with E-state index in [1.165, 1.54) is 14.0 Å². The highest BCUT2D eigenvalue weighted by molar-refractivity contribution is 5.82. The molecule has 2 N–H and O–H groups in total. The number of methoxy groups -OCH3 is 1. The predicted molar refractivity (Wildman–Crippen MR) is 95.7 cm³/mol. The van der Waals surface area contributed by atoms with Crippen LogP contribution in [-0.2, 0) is 14.3 Å². The summed E-state index contributed by atoms with van der Waals surface area (Å²) in [6.07, 6.45) is -1.87. The van der Waals surface area contributed by atoms with E-state index in [1.54, 1.807) is 0 Å². The number of nitrogens with one attached hydrogen (secondary N) is 1. The molecule has 0 fully saturated rings. The summed E-state index contributed by atoms with van der Waals surface area (Å²) in [7, 11) is 1.19. The second-order valence-corrected chi connectivity index (χ2v) is 6.21. The molecule has 0 bridgehead atoms. The van der Waals surface area contributed by atoms with Crippen LogP contribution in [0.3, 0.4) is 0 Å². The first-order valence-corrected chi connectivity index (χ1v) is 8.40. The quantitative estimate of drug-likeness (QED) is 0.805. The highest BCUT2D eigenvalue weighted by atomic mass is 16.6. The van der Waals surface area contributed by atoms with Crippen molar-refractivity contribution < 1.29 is 24.2 Å². The van der Waals surface area contributed by atoms with Gasteiger partial charge in [-0.05, 0) is 29.2 Å². The van der Waals surface area contributed by atoms with Crippen molar-refractivity contribution in [1.82, 2.24) is 5.32 Å². The first kappa shape index (κ1) is 17.9. The van der Waals surface area contributed by atoms with Gasteiger partial charge in [-0.3, -0.25) is 0 Å². The van der Waals surface area contributed by atoms with E-state index >= 15 is 0 Å². The zero-order chi connectivity index (χ0) is 18.7. The van der Waals surface area contributed by atoms with E-state index in [0.717, 1.165) is 22.3 Å². The Balaban J connectivity index is 1.72.